The van der Waals surface area contributed by atoms with Crippen LogP contribution in [0.25, 0.3) is 16.6 Å². The first-order chi connectivity index (χ1) is 16.5. The summed E-state index contributed by atoms with van der Waals surface area (Å²) in [6, 6.07) is 18.4. The number of carbonyl (C=O) groups excluding carboxylic acids is 1. The second-order valence-electron chi connectivity index (χ2n) is 8.72. The number of nitrogens with zero attached hydrogens (tertiary/aromatic N) is 3. The summed E-state index contributed by atoms with van der Waals surface area (Å²) in [6.45, 7) is 3.86. The zero-order valence-corrected chi connectivity index (χ0v) is 19.0. The lowest BCUT2D eigenvalue weighted by Gasteiger charge is -2.30. The molecule has 0 radical (unpaired) electrons. The summed E-state index contributed by atoms with van der Waals surface area (Å²) in [6.07, 6.45) is 5.21. The number of piperidine rings is 1. The minimum absolute atomic E-state index is 0.170. The number of aromatic carboxylic acids is 1. The summed E-state index contributed by atoms with van der Waals surface area (Å²) in [5, 5.41) is 17.6. The number of carbonyl (C=O) groups is 2. The molecule has 0 saturated carbocycles. The standard InChI is InChI=1S/C27H26N4O3/c1-18-5-8-21(9-6-18)28-26(32)23-16-22(10-12-25(23)30-13-3-2-4-14-30)31-17-20-15-19(27(33)34)7-11-24(20)29-31/h5-12,15-17H,2-4,13-14H2,1H3,(H,28,32)(H,33,34). The van der Waals surface area contributed by atoms with Crippen LogP contribution < -0.4 is 10.2 Å². The Hall–Kier alpha value is -4.13. The molecule has 1 fully saturated rings. The summed E-state index contributed by atoms with van der Waals surface area (Å²) in [4.78, 5) is 27.0. The highest BCUT2D eigenvalue weighted by Crippen LogP contribution is 2.28. The van der Waals surface area contributed by atoms with Crippen molar-refractivity contribution < 1.29 is 14.7 Å². The lowest BCUT2D eigenvalue weighted by Crippen LogP contribution is -2.31. The van der Waals surface area contributed by atoms with Crippen molar-refractivity contribution in [3.05, 3.63) is 83.6 Å². The second kappa shape index (κ2) is 9.02. The molecule has 34 heavy (non-hydrogen) atoms. The molecular formula is C27H26N4O3. The monoisotopic (exact) mass is 454 g/mol. The van der Waals surface area contributed by atoms with Gasteiger partial charge in [-0.3, -0.25) is 4.79 Å². The summed E-state index contributed by atoms with van der Waals surface area (Å²) < 4.78 is 1.69. The maximum atomic E-state index is 13.4. The van der Waals surface area contributed by atoms with E-state index in [4.69, 9.17) is 0 Å². The van der Waals surface area contributed by atoms with Crippen molar-refractivity contribution in [3.63, 3.8) is 0 Å². The molecule has 0 aliphatic carbocycles. The van der Waals surface area contributed by atoms with Crippen molar-refractivity contribution >= 4 is 34.2 Å². The normalized spacial score (nSPS) is 13.7. The van der Waals surface area contributed by atoms with Gasteiger partial charge in [-0.05, 0) is 74.7 Å². The Kier molecular flexibility index (Phi) is 5.76. The van der Waals surface area contributed by atoms with Gasteiger partial charge in [0.2, 0.25) is 0 Å². The van der Waals surface area contributed by atoms with E-state index in [9.17, 15) is 14.7 Å². The molecule has 3 aromatic carbocycles. The topological polar surface area (TPSA) is 87.5 Å². The van der Waals surface area contributed by atoms with Crippen LogP contribution in [-0.4, -0.2) is 39.9 Å². The van der Waals surface area contributed by atoms with E-state index in [1.54, 1.807) is 29.1 Å². The van der Waals surface area contributed by atoms with Gasteiger partial charge in [0.25, 0.3) is 5.91 Å². The zero-order chi connectivity index (χ0) is 23.7. The molecule has 0 bridgehead atoms. The molecule has 2 N–H and O–H groups in total. The van der Waals surface area contributed by atoms with Crippen molar-refractivity contribution in [2.75, 3.05) is 23.3 Å². The van der Waals surface area contributed by atoms with Crippen LogP contribution in [0.2, 0.25) is 0 Å². The van der Waals surface area contributed by atoms with Gasteiger partial charge in [-0.15, -0.1) is 0 Å². The summed E-state index contributed by atoms with van der Waals surface area (Å²) >= 11 is 0. The third kappa shape index (κ3) is 4.37. The van der Waals surface area contributed by atoms with Crippen molar-refractivity contribution in [2.24, 2.45) is 0 Å². The first-order valence-electron chi connectivity index (χ1n) is 11.5. The molecule has 4 aromatic rings. The number of hydrogen-bond acceptors (Lipinski definition) is 4. The highest BCUT2D eigenvalue weighted by molar-refractivity contribution is 6.08. The van der Waals surface area contributed by atoms with Gasteiger partial charge in [-0.1, -0.05) is 17.7 Å². The summed E-state index contributed by atoms with van der Waals surface area (Å²) in [5.41, 5.74) is 5.02. The van der Waals surface area contributed by atoms with Gasteiger partial charge in [0.1, 0.15) is 0 Å². The maximum Gasteiger partial charge on any atom is 0.335 e. The Labute approximate surface area is 197 Å². The smallest absolute Gasteiger partial charge is 0.335 e. The predicted octanol–water partition coefficient (Wildman–Crippen LogP) is 5.27. The number of amides is 1. The number of anilines is 2. The Balaban J connectivity index is 1.53. The molecule has 1 aliphatic rings. The van der Waals surface area contributed by atoms with Crippen LogP contribution in [0.1, 0.15) is 45.5 Å². The molecule has 1 aliphatic heterocycles. The van der Waals surface area contributed by atoms with Gasteiger partial charge < -0.3 is 15.3 Å². The Bertz CT molecular complexity index is 1370. The zero-order valence-electron chi connectivity index (χ0n) is 19.0. The first kappa shape index (κ1) is 21.7. The van der Waals surface area contributed by atoms with Gasteiger partial charge >= 0.3 is 5.97 Å². The molecule has 0 spiro atoms. The Morgan fingerprint density at radius 3 is 2.44 bits per heavy atom. The molecule has 1 aromatic heterocycles. The molecular weight excluding hydrogens is 428 g/mol. The number of fused-ring (bicyclic) bond motifs is 1. The molecule has 1 saturated heterocycles. The van der Waals surface area contributed by atoms with E-state index in [1.807, 2.05) is 49.4 Å². The van der Waals surface area contributed by atoms with Gasteiger partial charge in [0, 0.05) is 36.0 Å². The minimum Gasteiger partial charge on any atom is -0.478 e. The molecule has 7 heteroatoms. The number of aromatic nitrogens is 2. The van der Waals surface area contributed by atoms with Crippen molar-refractivity contribution in [3.8, 4) is 5.69 Å². The van der Waals surface area contributed by atoms with E-state index >= 15 is 0 Å². The number of hydrogen-bond donors (Lipinski definition) is 2. The fraction of sp³-hybridized carbons (Fsp3) is 0.222. The number of benzene rings is 3. The lowest BCUT2D eigenvalue weighted by molar-refractivity contribution is 0.0697. The van der Waals surface area contributed by atoms with E-state index in [0.717, 1.165) is 53.9 Å². The second-order valence-corrected chi connectivity index (χ2v) is 8.72. The maximum absolute atomic E-state index is 13.4. The lowest BCUT2D eigenvalue weighted by atomic mass is 10.1. The molecule has 7 nitrogen and oxygen atoms in total. The van der Waals surface area contributed by atoms with Crippen LogP contribution in [0, 0.1) is 6.92 Å². The van der Waals surface area contributed by atoms with Crippen LogP contribution in [-0.2, 0) is 0 Å². The van der Waals surface area contributed by atoms with Crippen molar-refractivity contribution in [2.45, 2.75) is 26.2 Å². The predicted molar refractivity (Wildman–Crippen MR) is 133 cm³/mol. The van der Waals surface area contributed by atoms with Crippen molar-refractivity contribution in [1.29, 1.82) is 0 Å². The third-order valence-corrected chi connectivity index (χ3v) is 6.25. The fourth-order valence-corrected chi connectivity index (χ4v) is 4.39. The quantitative estimate of drug-likeness (QED) is 0.429. The molecule has 0 atom stereocenters. The molecule has 5 rings (SSSR count). The molecule has 0 unspecified atom stereocenters. The minimum atomic E-state index is -0.976. The summed E-state index contributed by atoms with van der Waals surface area (Å²) in [7, 11) is 0. The van der Waals surface area contributed by atoms with Crippen LogP contribution in [0.3, 0.4) is 0 Å². The first-order valence-corrected chi connectivity index (χ1v) is 11.5. The van der Waals surface area contributed by atoms with E-state index < -0.39 is 5.97 Å². The van der Waals surface area contributed by atoms with Gasteiger partial charge in [0.15, 0.2) is 0 Å². The largest absolute Gasteiger partial charge is 0.478 e. The number of carboxylic acids is 1. The third-order valence-electron chi connectivity index (χ3n) is 6.25. The number of rotatable bonds is 5. The number of carboxylic acid groups (broad SMARTS) is 1. The van der Waals surface area contributed by atoms with E-state index in [-0.39, 0.29) is 11.5 Å². The van der Waals surface area contributed by atoms with Gasteiger partial charge in [-0.25, -0.2) is 9.48 Å². The summed E-state index contributed by atoms with van der Waals surface area (Å²) in [5.74, 6) is -1.15. The number of nitrogens with one attached hydrogen (secondary N) is 1. The van der Waals surface area contributed by atoms with Crippen molar-refractivity contribution in [1.82, 2.24) is 9.78 Å². The SMILES string of the molecule is Cc1ccc(NC(=O)c2cc(-n3cc4cc(C(=O)O)ccc4n3)ccc2N2CCCCC2)cc1. The van der Waals surface area contributed by atoms with Gasteiger partial charge in [0.05, 0.1) is 22.3 Å². The van der Waals surface area contributed by atoms with Crippen LogP contribution in [0.5, 0.6) is 0 Å². The Morgan fingerprint density at radius 2 is 1.71 bits per heavy atom. The van der Waals surface area contributed by atoms with Crippen LogP contribution in [0.4, 0.5) is 11.4 Å². The molecule has 2 heterocycles. The van der Waals surface area contributed by atoms with E-state index in [1.165, 1.54) is 6.42 Å². The van der Waals surface area contributed by atoms with Crippen LogP contribution >= 0.6 is 0 Å². The average Bonchev–Trinajstić information content (AvgIpc) is 3.29. The number of aryl methyl sites for hydroxylation is 1. The van der Waals surface area contributed by atoms with E-state index in [2.05, 4.69) is 15.3 Å². The molecule has 172 valence electrons. The highest BCUT2D eigenvalue weighted by atomic mass is 16.4. The van der Waals surface area contributed by atoms with Crippen LogP contribution in [0.15, 0.2) is 66.9 Å². The van der Waals surface area contributed by atoms with Gasteiger partial charge in [-0.2, -0.15) is 5.10 Å². The average molecular weight is 455 g/mol. The highest BCUT2D eigenvalue weighted by Gasteiger charge is 2.20. The van der Waals surface area contributed by atoms with E-state index in [0.29, 0.717) is 11.1 Å². The molecule has 1 amide bonds. The fourth-order valence-electron chi connectivity index (χ4n) is 4.39. The Morgan fingerprint density at radius 1 is 0.941 bits per heavy atom.